The average molecular weight is 374 g/mol. The fourth-order valence-corrected chi connectivity index (χ4v) is 4.07. The average Bonchev–Trinajstić information content (AvgIpc) is 3.06. The highest BCUT2D eigenvalue weighted by Crippen LogP contribution is 2.30. The smallest absolute Gasteiger partial charge is 0.247 e. The number of piperidine rings is 1. The van der Waals surface area contributed by atoms with Gasteiger partial charge in [0.25, 0.3) is 0 Å². The van der Waals surface area contributed by atoms with Crippen molar-refractivity contribution in [3.63, 3.8) is 0 Å². The molecule has 0 bridgehead atoms. The minimum atomic E-state index is -0.696. The van der Waals surface area contributed by atoms with Crippen LogP contribution in [-0.4, -0.2) is 64.1 Å². The van der Waals surface area contributed by atoms with E-state index in [4.69, 9.17) is 0 Å². The summed E-state index contributed by atoms with van der Waals surface area (Å²) in [5, 5.41) is 7.61. The maximum absolute atomic E-state index is 13.0. The van der Waals surface area contributed by atoms with Crippen LogP contribution < -0.4 is 5.32 Å². The van der Waals surface area contributed by atoms with Crippen LogP contribution in [0.2, 0.25) is 0 Å². The van der Waals surface area contributed by atoms with Crippen LogP contribution >= 0.6 is 0 Å². The molecule has 1 aliphatic heterocycles. The summed E-state index contributed by atoms with van der Waals surface area (Å²) >= 11 is 0. The molecule has 0 radical (unpaired) electrons. The van der Waals surface area contributed by atoms with E-state index < -0.39 is 5.54 Å². The Kier molecular flexibility index (Phi) is 5.87. The second-order valence-corrected chi connectivity index (χ2v) is 7.91. The SMILES string of the molecule is CN(C)C(=O)C1(Nc2ccnn2C)CCN(C(=O)CC2=CCCCC2)CC1. The number of anilines is 1. The number of carbonyl (C=O) groups excluding carboxylic acids is 2. The van der Waals surface area contributed by atoms with E-state index in [1.54, 1.807) is 29.9 Å². The normalized spacial score (nSPS) is 19.4. The molecule has 1 saturated heterocycles. The summed E-state index contributed by atoms with van der Waals surface area (Å²) in [6, 6.07) is 1.87. The number of hydrogen-bond donors (Lipinski definition) is 1. The molecule has 3 rings (SSSR count). The zero-order valence-electron chi connectivity index (χ0n) is 16.7. The van der Waals surface area contributed by atoms with Gasteiger partial charge in [-0.15, -0.1) is 0 Å². The number of aromatic nitrogens is 2. The summed E-state index contributed by atoms with van der Waals surface area (Å²) in [6.45, 7) is 1.19. The monoisotopic (exact) mass is 373 g/mol. The van der Waals surface area contributed by atoms with E-state index in [1.807, 2.05) is 18.0 Å². The maximum atomic E-state index is 13.0. The van der Waals surface area contributed by atoms with Crippen LogP contribution in [0.5, 0.6) is 0 Å². The van der Waals surface area contributed by atoms with Crippen molar-refractivity contribution in [1.29, 1.82) is 0 Å². The molecular weight excluding hydrogens is 342 g/mol. The molecule has 148 valence electrons. The van der Waals surface area contributed by atoms with E-state index in [1.165, 1.54) is 18.4 Å². The summed E-state index contributed by atoms with van der Waals surface area (Å²) in [5.41, 5.74) is 0.582. The van der Waals surface area contributed by atoms with Crippen LogP contribution in [0.1, 0.15) is 44.9 Å². The molecule has 2 heterocycles. The molecule has 2 amide bonds. The van der Waals surface area contributed by atoms with Crippen LogP contribution in [-0.2, 0) is 16.6 Å². The first kappa shape index (κ1) is 19.5. The van der Waals surface area contributed by atoms with Crippen molar-refractivity contribution in [3.8, 4) is 0 Å². The van der Waals surface area contributed by atoms with Crippen molar-refractivity contribution < 1.29 is 9.59 Å². The molecule has 27 heavy (non-hydrogen) atoms. The summed E-state index contributed by atoms with van der Waals surface area (Å²) in [7, 11) is 5.41. The zero-order chi connectivity index (χ0) is 19.4. The van der Waals surface area contributed by atoms with Crippen LogP contribution in [0.3, 0.4) is 0 Å². The Morgan fingerprint density at radius 2 is 2.00 bits per heavy atom. The Bertz CT molecular complexity index is 714. The van der Waals surface area contributed by atoms with Gasteiger partial charge in [0, 0.05) is 46.7 Å². The molecule has 7 heteroatoms. The molecule has 1 N–H and O–H groups in total. The number of likely N-dealkylation sites (N-methyl/N-ethyl adjacent to an activating group) is 1. The molecule has 1 fully saturated rings. The van der Waals surface area contributed by atoms with Gasteiger partial charge in [0.05, 0.1) is 6.20 Å². The third kappa shape index (κ3) is 4.34. The standard InChI is InChI=1S/C20H31N5O2/c1-23(2)19(27)20(22-17-9-12-21-24(17)3)10-13-25(14-11-20)18(26)15-16-7-5-4-6-8-16/h7,9,12,22H,4-6,8,10-11,13-15H2,1-3H3. The van der Waals surface area contributed by atoms with E-state index in [0.29, 0.717) is 32.4 Å². The number of likely N-dealkylation sites (tertiary alicyclic amines) is 1. The van der Waals surface area contributed by atoms with Gasteiger partial charge in [-0.2, -0.15) is 5.10 Å². The second-order valence-electron chi connectivity index (χ2n) is 7.91. The highest BCUT2D eigenvalue weighted by atomic mass is 16.2. The Morgan fingerprint density at radius 3 is 2.56 bits per heavy atom. The molecule has 0 atom stereocenters. The third-order valence-corrected chi connectivity index (χ3v) is 5.74. The number of nitrogens with one attached hydrogen (secondary N) is 1. The maximum Gasteiger partial charge on any atom is 0.247 e. The lowest BCUT2D eigenvalue weighted by molar-refractivity contribution is -0.139. The summed E-state index contributed by atoms with van der Waals surface area (Å²) in [5.74, 6) is 1.05. The van der Waals surface area contributed by atoms with Crippen LogP contribution in [0.25, 0.3) is 0 Å². The predicted molar refractivity (Wildman–Crippen MR) is 105 cm³/mol. The van der Waals surface area contributed by atoms with Gasteiger partial charge >= 0.3 is 0 Å². The number of aryl methyl sites for hydroxylation is 1. The minimum absolute atomic E-state index is 0.0470. The number of nitrogens with zero attached hydrogens (tertiary/aromatic N) is 4. The van der Waals surface area contributed by atoms with E-state index in [9.17, 15) is 9.59 Å². The van der Waals surface area contributed by atoms with Gasteiger partial charge in [-0.25, -0.2) is 0 Å². The second kappa shape index (κ2) is 8.15. The summed E-state index contributed by atoms with van der Waals surface area (Å²) in [6.07, 6.45) is 10.2. The van der Waals surface area contributed by atoms with Gasteiger partial charge in [-0.3, -0.25) is 14.3 Å². The fraction of sp³-hybridized carbons (Fsp3) is 0.650. The predicted octanol–water partition coefficient (Wildman–Crippen LogP) is 2.17. The highest BCUT2D eigenvalue weighted by Gasteiger charge is 2.43. The molecule has 7 nitrogen and oxygen atoms in total. The van der Waals surface area contributed by atoms with E-state index in [-0.39, 0.29) is 11.8 Å². The number of allylic oxidation sites excluding steroid dienone is 1. The van der Waals surface area contributed by atoms with Crippen molar-refractivity contribution in [3.05, 3.63) is 23.9 Å². The van der Waals surface area contributed by atoms with Crippen molar-refractivity contribution in [1.82, 2.24) is 19.6 Å². The van der Waals surface area contributed by atoms with E-state index in [2.05, 4.69) is 16.5 Å². The highest BCUT2D eigenvalue weighted by molar-refractivity contribution is 5.89. The van der Waals surface area contributed by atoms with Crippen LogP contribution in [0, 0.1) is 0 Å². The quantitative estimate of drug-likeness (QED) is 0.803. The topological polar surface area (TPSA) is 70.5 Å². The molecule has 1 aromatic rings. The molecule has 0 saturated carbocycles. The van der Waals surface area contributed by atoms with Gasteiger partial charge in [0.2, 0.25) is 11.8 Å². The molecule has 0 unspecified atom stereocenters. The van der Waals surface area contributed by atoms with Crippen molar-refractivity contribution in [2.75, 3.05) is 32.5 Å². The Balaban J connectivity index is 1.67. The first-order valence-electron chi connectivity index (χ1n) is 9.85. The summed E-state index contributed by atoms with van der Waals surface area (Å²) < 4.78 is 1.73. The Hall–Kier alpha value is -2.31. The number of amides is 2. The number of hydrogen-bond acceptors (Lipinski definition) is 4. The molecule has 1 aromatic heterocycles. The van der Waals surface area contributed by atoms with Gasteiger partial charge in [-0.05, 0) is 38.5 Å². The summed E-state index contributed by atoms with van der Waals surface area (Å²) in [4.78, 5) is 29.2. The molecular formula is C20H31N5O2. The minimum Gasteiger partial charge on any atom is -0.356 e. The van der Waals surface area contributed by atoms with Gasteiger partial charge in [-0.1, -0.05) is 11.6 Å². The van der Waals surface area contributed by atoms with E-state index in [0.717, 1.165) is 18.7 Å². The first-order valence-corrected chi connectivity index (χ1v) is 9.85. The lowest BCUT2D eigenvalue weighted by Gasteiger charge is -2.42. The molecule has 2 aliphatic rings. The number of rotatable bonds is 5. The van der Waals surface area contributed by atoms with Gasteiger partial charge in [0.15, 0.2) is 0 Å². The largest absolute Gasteiger partial charge is 0.356 e. The van der Waals surface area contributed by atoms with Gasteiger partial charge < -0.3 is 15.1 Å². The lowest BCUT2D eigenvalue weighted by atomic mass is 9.85. The number of carbonyl (C=O) groups is 2. The first-order chi connectivity index (χ1) is 12.9. The van der Waals surface area contributed by atoms with Crippen molar-refractivity contribution >= 4 is 17.6 Å². The molecule has 0 aromatic carbocycles. The molecule has 1 aliphatic carbocycles. The zero-order valence-corrected chi connectivity index (χ0v) is 16.7. The fourth-order valence-electron chi connectivity index (χ4n) is 4.07. The van der Waals surface area contributed by atoms with Crippen molar-refractivity contribution in [2.45, 2.75) is 50.5 Å². The lowest BCUT2D eigenvalue weighted by Crippen LogP contribution is -2.59. The van der Waals surface area contributed by atoms with Gasteiger partial charge in [0.1, 0.15) is 11.4 Å². The molecule has 0 spiro atoms. The van der Waals surface area contributed by atoms with Crippen molar-refractivity contribution in [2.24, 2.45) is 7.05 Å². The van der Waals surface area contributed by atoms with Crippen LogP contribution in [0.15, 0.2) is 23.9 Å². The Morgan fingerprint density at radius 1 is 1.26 bits per heavy atom. The van der Waals surface area contributed by atoms with Crippen LogP contribution in [0.4, 0.5) is 5.82 Å². The van der Waals surface area contributed by atoms with E-state index >= 15 is 0 Å². The third-order valence-electron chi connectivity index (χ3n) is 5.74. The Labute approximate surface area is 161 Å².